The lowest BCUT2D eigenvalue weighted by atomic mass is 10.3. The standard InChI is InChI=1S/C11H16N2O5S2/c1-13-2-3-18-8(6-13)5-12-20(16,17)9-4-10(11(14)15)19-7-9/h4,7-8,12H,2-3,5-6H2,1H3,(H,14,15). The Morgan fingerprint density at radius 3 is 3.00 bits per heavy atom. The Kier molecular flexibility index (Phi) is 4.76. The van der Waals surface area contributed by atoms with Crippen molar-refractivity contribution in [2.75, 3.05) is 33.3 Å². The maximum absolute atomic E-state index is 12.0. The largest absolute Gasteiger partial charge is 0.477 e. The van der Waals surface area contributed by atoms with E-state index in [1.807, 2.05) is 7.05 Å². The zero-order valence-corrected chi connectivity index (χ0v) is 12.5. The van der Waals surface area contributed by atoms with Crippen LogP contribution in [0, 0.1) is 0 Å². The fourth-order valence-electron chi connectivity index (χ4n) is 1.85. The number of rotatable bonds is 5. The van der Waals surface area contributed by atoms with Crippen LogP contribution in [0.1, 0.15) is 9.67 Å². The molecule has 112 valence electrons. The highest BCUT2D eigenvalue weighted by Crippen LogP contribution is 2.19. The van der Waals surface area contributed by atoms with Crippen LogP contribution in [0.15, 0.2) is 16.3 Å². The topological polar surface area (TPSA) is 95.9 Å². The summed E-state index contributed by atoms with van der Waals surface area (Å²) in [6.45, 7) is 2.23. The van der Waals surface area contributed by atoms with E-state index in [4.69, 9.17) is 9.84 Å². The Bertz CT molecular complexity index is 583. The highest BCUT2D eigenvalue weighted by atomic mass is 32.2. The predicted molar refractivity (Wildman–Crippen MR) is 73.7 cm³/mol. The molecule has 9 heteroatoms. The number of ether oxygens (including phenoxy) is 1. The third-order valence-corrected chi connectivity index (χ3v) is 5.41. The van der Waals surface area contributed by atoms with Crippen molar-refractivity contribution in [2.45, 2.75) is 11.0 Å². The van der Waals surface area contributed by atoms with Gasteiger partial charge in [0.1, 0.15) is 4.88 Å². The number of carboxylic acids is 1. The summed E-state index contributed by atoms with van der Waals surface area (Å²) < 4.78 is 32.0. The fourth-order valence-corrected chi connectivity index (χ4v) is 4.03. The maximum Gasteiger partial charge on any atom is 0.345 e. The summed E-state index contributed by atoms with van der Waals surface area (Å²) in [6, 6.07) is 1.16. The Hall–Kier alpha value is -1.00. The molecule has 2 N–H and O–H groups in total. The Morgan fingerprint density at radius 2 is 2.40 bits per heavy atom. The van der Waals surface area contributed by atoms with E-state index in [0.29, 0.717) is 13.2 Å². The van der Waals surface area contributed by atoms with E-state index in [2.05, 4.69) is 9.62 Å². The summed E-state index contributed by atoms with van der Waals surface area (Å²) in [5, 5.41) is 10.1. The second-order valence-electron chi connectivity index (χ2n) is 4.56. The number of nitrogens with one attached hydrogen (secondary N) is 1. The highest BCUT2D eigenvalue weighted by molar-refractivity contribution is 7.89. The van der Waals surface area contributed by atoms with Gasteiger partial charge in [-0.15, -0.1) is 11.3 Å². The van der Waals surface area contributed by atoms with Crippen LogP contribution in [0.3, 0.4) is 0 Å². The van der Waals surface area contributed by atoms with E-state index in [9.17, 15) is 13.2 Å². The number of aromatic carboxylic acids is 1. The minimum absolute atomic E-state index is 0.000903. The summed E-state index contributed by atoms with van der Waals surface area (Å²) in [5.41, 5.74) is 0. The molecule has 2 rings (SSSR count). The molecular formula is C11H16N2O5S2. The number of sulfonamides is 1. The Morgan fingerprint density at radius 1 is 1.65 bits per heavy atom. The van der Waals surface area contributed by atoms with Crippen molar-refractivity contribution in [1.29, 1.82) is 0 Å². The van der Waals surface area contributed by atoms with Crippen molar-refractivity contribution in [3.63, 3.8) is 0 Å². The molecule has 0 aromatic carbocycles. The molecule has 0 radical (unpaired) electrons. The van der Waals surface area contributed by atoms with Gasteiger partial charge in [0.05, 0.1) is 17.6 Å². The minimum atomic E-state index is -3.69. The average Bonchev–Trinajstić information content (AvgIpc) is 2.87. The number of carboxylic acid groups (broad SMARTS) is 1. The molecule has 0 saturated carbocycles. The van der Waals surface area contributed by atoms with Gasteiger partial charge in [-0.05, 0) is 13.1 Å². The number of likely N-dealkylation sites (N-methyl/N-ethyl adjacent to an activating group) is 1. The summed E-state index contributed by atoms with van der Waals surface area (Å²) >= 11 is 0.888. The van der Waals surface area contributed by atoms with Crippen molar-refractivity contribution in [3.05, 3.63) is 16.3 Å². The van der Waals surface area contributed by atoms with Crippen molar-refractivity contribution >= 4 is 27.3 Å². The number of morpholine rings is 1. The van der Waals surface area contributed by atoms with Gasteiger partial charge in [-0.2, -0.15) is 0 Å². The van der Waals surface area contributed by atoms with Gasteiger partial charge >= 0.3 is 5.97 Å². The van der Waals surface area contributed by atoms with Gasteiger partial charge in [0.25, 0.3) is 0 Å². The van der Waals surface area contributed by atoms with E-state index in [1.165, 1.54) is 5.38 Å². The fraction of sp³-hybridized carbons (Fsp3) is 0.545. The molecule has 0 bridgehead atoms. The molecule has 1 aromatic heterocycles. The monoisotopic (exact) mass is 320 g/mol. The molecule has 1 atom stereocenters. The molecule has 1 saturated heterocycles. The summed E-state index contributed by atoms with van der Waals surface area (Å²) in [5.74, 6) is -1.13. The van der Waals surface area contributed by atoms with E-state index in [1.54, 1.807) is 0 Å². The third kappa shape index (κ3) is 3.76. The van der Waals surface area contributed by atoms with Gasteiger partial charge < -0.3 is 14.7 Å². The second-order valence-corrected chi connectivity index (χ2v) is 7.24. The van der Waals surface area contributed by atoms with Gasteiger partial charge in [0.15, 0.2) is 0 Å². The molecule has 0 aliphatic carbocycles. The van der Waals surface area contributed by atoms with Crippen LogP contribution in [-0.2, 0) is 14.8 Å². The lowest BCUT2D eigenvalue weighted by molar-refractivity contribution is -0.0156. The highest BCUT2D eigenvalue weighted by Gasteiger charge is 2.22. The van der Waals surface area contributed by atoms with Gasteiger partial charge in [-0.1, -0.05) is 0 Å². The van der Waals surface area contributed by atoms with Gasteiger partial charge in [0.2, 0.25) is 10.0 Å². The number of hydrogen-bond donors (Lipinski definition) is 2. The van der Waals surface area contributed by atoms with Crippen molar-refractivity contribution < 1.29 is 23.1 Å². The molecular weight excluding hydrogens is 304 g/mol. The predicted octanol–water partition coefficient (Wildman–Crippen LogP) is 0.0552. The third-order valence-electron chi connectivity index (χ3n) is 2.94. The zero-order valence-electron chi connectivity index (χ0n) is 10.9. The number of thiophene rings is 1. The number of hydrogen-bond acceptors (Lipinski definition) is 6. The summed E-state index contributed by atoms with van der Waals surface area (Å²) in [6.07, 6.45) is -0.193. The maximum atomic E-state index is 12.0. The first kappa shape index (κ1) is 15.4. The molecule has 1 aliphatic rings. The lowest BCUT2D eigenvalue weighted by Gasteiger charge is -2.29. The molecule has 1 aromatic rings. The van der Waals surface area contributed by atoms with E-state index in [-0.39, 0.29) is 22.4 Å². The van der Waals surface area contributed by atoms with Crippen LogP contribution >= 0.6 is 11.3 Å². The molecule has 1 fully saturated rings. The van der Waals surface area contributed by atoms with Crippen molar-refractivity contribution in [3.8, 4) is 0 Å². The molecule has 1 unspecified atom stereocenters. The normalized spacial score (nSPS) is 20.9. The molecule has 2 heterocycles. The lowest BCUT2D eigenvalue weighted by Crippen LogP contribution is -2.45. The minimum Gasteiger partial charge on any atom is -0.477 e. The Balaban J connectivity index is 1.98. The first-order valence-electron chi connectivity index (χ1n) is 6.00. The number of carbonyl (C=O) groups is 1. The van der Waals surface area contributed by atoms with E-state index in [0.717, 1.165) is 23.9 Å². The van der Waals surface area contributed by atoms with Crippen LogP contribution < -0.4 is 4.72 Å². The average molecular weight is 320 g/mol. The molecule has 1 aliphatic heterocycles. The van der Waals surface area contributed by atoms with E-state index < -0.39 is 16.0 Å². The van der Waals surface area contributed by atoms with Gasteiger partial charge in [0, 0.05) is 25.0 Å². The van der Waals surface area contributed by atoms with Crippen molar-refractivity contribution in [1.82, 2.24) is 9.62 Å². The zero-order chi connectivity index (χ0) is 14.8. The van der Waals surface area contributed by atoms with Crippen LogP contribution in [0.25, 0.3) is 0 Å². The summed E-state index contributed by atoms with van der Waals surface area (Å²) in [7, 11) is -1.74. The van der Waals surface area contributed by atoms with Gasteiger partial charge in [-0.3, -0.25) is 0 Å². The van der Waals surface area contributed by atoms with Crippen molar-refractivity contribution in [2.24, 2.45) is 0 Å². The van der Waals surface area contributed by atoms with Gasteiger partial charge in [-0.25, -0.2) is 17.9 Å². The smallest absolute Gasteiger partial charge is 0.345 e. The second kappa shape index (κ2) is 6.19. The quantitative estimate of drug-likeness (QED) is 0.796. The van der Waals surface area contributed by atoms with Crippen LogP contribution in [0.5, 0.6) is 0 Å². The van der Waals surface area contributed by atoms with Crippen LogP contribution in [0.2, 0.25) is 0 Å². The van der Waals surface area contributed by atoms with E-state index >= 15 is 0 Å². The Labute approximate surface area is 121 Å². The molecule has 0 spiro atoms. The summed E-state index contributed by atoms with van der Waals surface area (Å²) in [4.78, 5) is 12.8. The first-order chi connectivity index (χ1) is 9.38. The SMILES string of the molecule is CN1CCOC(CNS(=O)(=O)c2csc(C(=O)O)c2)C1. The van der Waals surface area contributed by atoms with Crippen LogP contribution in [0.4, 0.5) is 0 Å². The molecule has 20 heavy (non-hydrogen) atoms. The molecule has 7 nitrogen and oxygen atoms in total. The first-order valence-corrected chi connectivity index (χ1v) is 8.36. The van der Waals surface area contributed by atoms with Crippen LogP contribution in [-0.4, -0.2) is 63.8 Å². The number of nitrogens with zero attached hydrogens (tertiary/aromatic N) is 1. The molecule has 0 amide bonds.